The van der Waals surface area contributed by atoms with Crippen LogP contribution in [0.4, 0.5) is 0 Å². The third-order valence-electron chi connectivity index (χ3n) is 4.52. The Morgan fingerprint density at radius 3 is 2.32 bits per heavy atom. The number of hydrogen-bond donors (Lipinski definition) is 2. The molecule has 5 heteroatoms. The molecule has 0 unspecified atom stereocenters. The Balaban J connectivity index is 0.00000441. The van der Waals surface area contributed by atoms with Gasteiger partial charge in [-0.3, -0.25) is 4.99 Å². The van der Waals surface area contributed by atoms with Crippen molar-refractivity contribution in [2.45, 2.75) is 59.3 Å². The fraction of sp³-hybridized carbons (Fsp3) is 0.941. The van der Waals surface area contributed by atoms with Crippen molar-refractivity contribution in [2.75, 3.05) is 33.9 Å². The molecular weight excluding hydrogens is 389 g/mol. The van der Waals surface area contributed by atoms with E-state index in [0.29, 0.717) is 10.8 Å². The van der Waals surface area contributed by atoms with Crippen molar-refractivity contribution in [2.24, 2.45) is 15.8 Å². The molecule has 4 nitrogen and oxygen atoms in total. The van der Waals surface area contributed by atoms with E-state index >= 15 is 0 Å². The van der Waals surface area contributed by atoms with Crippen molar-refractivity contribution in [3.05, 3.63) is 0 Å². The van der Waals surface area contributed by atoms with Gasteiger partial charge in [-0.05, 0) is 36.5 Å². The van der Waals surface area contributed by atoms with Gasteiger partial charge in [-0.2, -0.15) is 0 Å². The van der Waals surface area contributed by atoms with Crippen LogP contribution in [0.1, 0.15) is 59.3 Å². The van der Waals surface area contributed by atoms with Gasteiger partial charge in [0.05, 0.1) is 0 Å². The minimum absolute atomic E-state index is 0. The lowest BCUT2D eigenvalue weighted by Gasteiger charge is -2.30. The summed E-state index contributed by atoms with van der Waals surface area (Å²) in [5.74, 6) is 0.933. The van der Waals surface area contributed by atoms with Gasteiger partial charge >= 0.3 is 0 Å². The van der Waals surface area contributed by atoms with E-state index in [1.54, 1.807) is 7.11 Å². The zero-order chi connectivity index (χ0) is 15.8. The van der Waals surface area contributed by atoms with Crippen molar-refractivity contribution in [3.63, 3.8) is 0 Å². The normalized spacial score (nSPS) is 18.0. The first-order chi connectivity index (χ1) is 9.91. The number of nitrogens with one attached hydrogen (secondary N) is 2. The number of aliphatic imine (C=N–C) groups is 1. The molecule has 0 aromatic rings. The molecule has 0 aromatic carbocycles. The van der Waals surface area contributed by atoms with Gasteiger partial charge in [0.2, 0.25) is 0 Å². The molecule has 1 fully saturated rings. The SMILES string of the molecule is CN=C(NCCC(C)(C)C)NCC1(CCOC)CCCC1.I. The standard InChI is InChI=1S/C17H35N3O.HI/c1-16(2,3)10-12-19-15(18-4)20-14-17(11-13-21-5)8-6-7-9-17;/h6-14H2,1-5H3,(H2,18,19,20);1H. The van der Waals surface area contributed by atoms with Crippen LogP contribution in [0.15, 0.2) is 4.99 Å². The summed E-state index contributed by atoms with van der Waals surface area (Å²) in [6.45, 7) is 9.63. The minimum atomic E-state index is 0. The second-order valence-electron chi connectivity index (χ2n) is 7.61. The number of nitrogens with zero attached hydrogens (tertiary/aromatic N) is 1. The second-order valence-corrected chi connectivity index (χ2v) is 7.61. The van der Waals surface area contributed by atoms with Gasteiger partial charge < -0.3 is 15.4 Å². The summed E-state index contributed by atoms with van der Waals surface area (Å²) in [7, 11) is 3.64. The van der Waals surface area contributed by atoms with Crippen LogP contribution in [0, 0.1) is 10.8 Å². The zero-order valence-corrected chi connectivity index (χ0v) is 17.5. The van der Waals surface area contributed by atoms with Crippen molar-refractivity contribution < 1.29 is 4.74 Å². The van der Waals surface area contributed by atoms with Crippen molar-refractivity contribution >= 4 is 29.9 Å². The van der Waals surface area contributed by atoms with E-state index in [2.05, 4.69) is 36.4 Å². The van der Waals surface area contributed by atoms with Gasteiger partial charge in [0.15, 0.2) is 5.96 Å². The topological polar surface area (TPSA) is 45.7 Å². The molecule has 0 amide bonds. The van der Waals surface area contributed by atoms with Gasteiger partial charge in [0.25, 0.3) is 0 Å². The molecule has 1 aliphatic carbocycles. The Morgan fingerprint density at radius 1 is 1.18 bits per heavy atom. The summed E-state index contributed by atoms with van der Waals surface area (Å²) in [6.07, 6.45) is 7.60. The molecule has 2 N–H and O–H groups in total. The maximum Gasteiger partial charge on any atom is 0.190 e. The van der Waals surface area contributed by atoms with Crippen LogP contribution in [0.5, 0.6) is 0 Å². The average Bonchev–Trinajstić information content (AvgIpc) is 2.88. The smallest absolute Gasteiger partial charge is 0.190 e. The molecule has 1 rings (SSSR count). The predicted octanol–water partition coefficient (Wildman–Crippen LogP) is 3.80. The highest BCUT2D eigenvalue weighted by Gasteiger charge is 2.33. The first-order valence-corrected chi connectivity index (χ1v) is 8.34. The summed E-state index contributed by atoms with van der Waals surface area (Å²) < 4.78 is 5.29. The number of methoxy groups -OCH3 is 1. The monoisotopic (exact) mass is 425 g/mol. The highest BCUT2D eigenvalue weighted by Crippen LogP contribution is 2.40. The van der Waals surface area contributed by atoms with Crippen LogP contribution >= 0.6 is 24.0 Å². The van der Waals surface area contributed by atoms with Crippen molar-refractivity contribution in [1.29, 1.82) is 0 Å². The molecule has 0 spiro atoms. The number of rotatable bonds is 7. The van der Waals surface area contributed by atoms with Crippen LogP contribution in [-0.2, 0) is 4.74 Å². The third kappa shape index (κ3) is 8.56. The zero-order valence-electron chi connectivity index (χ0n) is 15.1. The van der Waals surface area contributed by atoms with E-state index in [9.17, 15) is 0 Å². The van der Waals surface area contributed by atoms with Crippen LogP contribution in [0.25, 0.3) is 0 Å². The molecule has 0 bridgehead atoms. The molecule has 0 saturated heterocycles. The Morgan fingerprint density at radius 2 is 1.82 bits per heavy atom. The second kappa shape index (κ2) is 10.7. The van der Waals surface area contributed by atoms with Crippen LogP contribution < -0.4 is 10.6 Å². The van der Waals surface area contributed by atoms with Crippen LogP contribution in [0.3, 0.4) is 0 Å². The first-order valence-electron chi connectivity index (χ1n) is 8.34. The lowest BCUT2D eigenvalue weighted by Crippen LogP contribution is -2.44. The highest BCUT2D eigenvalue weighted by atomic mass is 127. The molecule has 0 atom stereocenters. The van der Waals surface area contributed by atoms with Crippen molar-refractivity contribution in [1.82, 2.24) is 10.6 Å². The van der Waals surface area contributed by atoms with Gasteiger partial charge in [-0.1, -0.05) is 33.6 Å². The number of guanidine groups is 1. The molecular formula is C17H36IN3O. The van der Waals surface area contributed by atoms with E-state index in [-0.39, 0.29) is 24.0 Å². The lowest BCUT2D eigenvalue weighted by atomic mass is 9.83. The molecule has 0 aliphatic heterocycles. The summed E-state index contributed by atoms with van der Waals surface area (Å²) in [4.78, 5) is 4.34. The van der Waals surface area contributed by atoms with E-state index in [0.717, 1.165) is 38.5 Å². The van der Waals surface area contributed by atoms with E-state index < -0.39 is 0 Å². The van der Waals surface area contributed by atoms with Crippen LogP contribution in [-0.4, -0.2) is 39.8 Å². The fourth-order valence-electron chi connectivity index (χ4n) is 3.01. The maximum absolute atomic E-state index is 5.29. The number of hydrogen-bond acceptors (Lipinski definition) is 2. The van der Waals surface area contributed by atoms with E-state index in [4.69, 9.17) is 4.74 Å². The quantitative estimate of drug-likeness (QED) is 0.371. The summed E-state index contributed by atoms with van der Waals surface area (Å²) in [5.41, 5.74) is 0.759. The number of ether oxygens (including phenoxy) is 1. The Hall–Kier alpha value is -0.0400. The van der Waals surface area contributed by atoms with Gasteiger partial charge in [0, 0.05) is 33.9 Å². The fourth-order valence-corrected chi connectivity index (χ4v) is 3.01. The molecule has 0 aromatic heterocycles. The van der Waals surface area contributed by atoms with Crippen molar-refractivity contribution in [3.8, 4) is 0 Å². The maximum atomic E-state index is 5.29. The van der Waals surface area contributed by atoms with Crippen LogP contribution in [0.2, 0.25) is 0 Å². The molecule has 22 heavy (non-hydrogen) atoms. The summed E-state index contributed by atoms with van der Waals surface area (Å²) in [5, 5.41) is 6.96. The lowest BCUT2D eigenvalue weighted by molar-refractivity contribution is 0.138. The first kappa shape index (κ1) is 22.0. The Bertz CT molecular complexity index is 320. The molecule has 1 aliphatic rings. The molecule has 132 valence electrons. The molecule has 1 saturated carbocycles. The molecule has 0 radical (unpaired) electrons. The summed E-state index contributed by atoms with van der Waals surface area (Å²) in [6, 6.07) is 0. The van der Waals surface area contributed by atoms with E-state index in [1.807, 2.05) is 7.05 Å². The van der Waals surface area contributed by atoms with Gasteiger partial charge in [-0.15, -0.1) is 24.0 Å². The number of halogens is 1. The van der Waals surface area contributed by atoms with Gasteiger partial charge in [-0.25, -0.2) is 0 Å². The Kier molecular flexibility index (Phi) is 10.7. The largest absolute Gasteiger partial charge is 0.385 e. The summed E-state index contributed by atoms with van der Waals surface area (Å²) >= 11 is 0. The highest BCUT2D eigenvalue weighted by molar-refractivity contribution is 14.0. The van der Waals surface area contributed by atoms with E-state index in [1.165, 1.54) is 25.7 Å². The minimum Gasteiger partial charge on any atom is -0.385 e. The Labute approximate surface area is 154 Å². The predicted molar refractivity (Wildman–Crippen MR) is 106 cm³/mol. The van der Waals surface area contributed by atoms with Gasteiger partial charge in [0.1, 0.15) is 0 Å². The average molecular weight is 425 g/mol. The third-order valence-corrected chi connectivity index (χ3v) is 4.52. The molecule has 0 heterocycles.